The van der Waals surface area contributed by atoms with E-state index in [0.717, 1.165) is 18.8 Å². The standard InChI is InChI=1S/C14H21ClN2O/c1-16-14(10-5-7-17-8-6-10)11-3-4-13(18-2)12(15)9-11/h3-4,9-10,14,16-17H,5-8H2,1-2H3. The largest absolute Gasteiger partial charge is 0.495 e. The first-order chi connectivity index (χ1) is 8.76. The van der Waals surface area contributed by atoms with Crippen LogP contribution in [0.2, 0.25) is 5.02 Å². The van der Waals surface area contributed by atoms with E-state index in [4.69, 9.17) is 16.3 Å². The lowest BCUT2D eigenvalue weighted by molar-refractivity contribution is 0.294. The van der Waals surface area contributed by atoms with Crippen LogP contribution in [0.15, 0.2) is 18.2 Å². The van der Waals surface area contributed by atoms with E-state index < -0.39 is 0 Å². The lowest BCUT2D eigenvalue weighted by Crippen LogP contribution is -2.35. The fraction of sp³-hybridized carbons (Fsp3) is 0.571. The Hall–Kier alpha value is -0.770. The van der Waals surface area contributed by atoms with Crippen LogP contribution in [0.4, 0.5) is 0 Å². The highest BCUT2D eigenvalue weighted by molar-refractivity contribution is 6.32. The van der Waals surface area contributed by atoms with Gasteiger partial charge in [0.05, 0.1) is 12.1 Å². The van der Waals surface area contributed by atoms with E-state index in [2.05, 4.69) is 16.7 Å². The molecular formula is C14H21ClN2O. The van der Waals surface area contributed by atoms with Crippen LogP contribution in [0.5, 0.6) is 5.75 Å². The molecule has 1 aliphatic heterocycles. The van der Waals surface area contributed by atoms with Crippen LogP contribution >= 0.6 is 11.6 Å². The first-order valence-electron chi connectivity index (χ1n) is 6.47. The zero-order valence-corrected chi connectivity index (χ0v) is 11.8. The van der Waals surface area contributed by atoms with Gasteiger partial charge in [0.15, 0.2) is 0 Å². The number of ether oxygens (including phenoxy) is 1. The van der Waals surface area contributed by atoms with E-state index in [9.17, 15) is 0 Å². The summed E-state index contributed by atoms with van der Waals surface area (Å²) in [5, 5.41) is 7.51. The van der Waals surface area contributed by atoms with Gasteiger partial charge < -0.3 is 15.4 Å². The van der Waals surface area contributed by atoms with E-state index in [1.54, 1.807) is 7.11 Å². The number of nitrogens with one attached hydrogen (secondary N) is 2. The molecule has 1 unspecified atom stereocenters. The lowest BCUT2D eigenvalue weighted by atomic mass is 9.86. The number of benzene rings is 1. The van der Waals surface area contributed by atoms with Gasteiger partial charge in [-0.05, 0) is 56.6 Å². The maximum atomic E-state index is 6.20. The number of halogens is 1. The van der Waals surface area contributed by atoms with Gasteiger partial charge in [-0.2, -0.15) is 0 Å². The van der Waals surface area contributed by atoms with Gasteiger partial charge in [0.2, 0.25) is 0 Å². The second kappa shape index (κ2) is 6.41. The molecule has 1 atom stereocenters. The molecule has 18 heavy (non-hydrogen) atoms. The molecule has 1 saturated heterocycles. The highest BCUT2D eigenvalue weighted by Gasteiger charge is 2.24. The Balaban J connectivity index is 2.18. The monoisotopic (exact) mass is 268 g/mol. The van der Waals surface area contributed by atoms with Crippen molar-refractivity contribution in [3.05, 3.63) is 28.8 Å². The second-order valence-corrected chi connectivity index (χ2v) is 5.15. The van der Waals surface area contributed by atoms with Gasteiger partial charge in [-0.1, -0.05) is 17.7 Å². The van der Waals surface area contributed by atoms with Crippen molar-refractivity contribution >= 4 is 11.6 Å². The highest BCUT2D eigenvalue weighted by Crippen LogP contribution is 2.33. The molecule has 100 valence electrons. The van der Waals surface area contributed by atoms with Gasteiger partial charge in [0.1, 0.15) is 5.75 Å². The lowest BCUT2D eigenvalue weighted by Gasteiger charge is -2.31. The van der Waals surface area contributed by atoms with Gasteiger partial charge in [0, 0.05) is 6.04 Å². The zero-order valence-electron chi connectivity index (χ0n) is 11.0. The third-order valence-corrected chi connectivity index (χ3v) is 4.00. The molecule has 1 heterocycles. The Morgan fingerprint density at radius 3 is 2.67 bits per heavy atom. The van der Waals surface area contributed by atoms with E-state index >= 15 is 0 Å². The van der Waals surface area contributed by atoms with Crippen molar-refractivity contribution < 1.29 is 4.74 Å². The van der Waals surface area contributed by atoms with E-state index in [1.165, 1.54) is 18.4 Å². The molecule has 1 aromatic rings. The van der Waals surface area contributed by atoms with Gasteiger partial charge in [0.25, 0.3) is 0 Å². The molecule has 2 rings (SSSR count). The summed E-state index contributed by atoms with van der Waals surface area (Å²) in [6.45, 7) is 2.21. The van der Waals surface area contributed by atoms with Crippen LogP contribution in [-0.4, -0.2) is 27.2 Å². The van der Waals surface area contributed by atoms with Gasteiger partial charge in [-0.3, -0.25) is 0 Å². The van der Waals surface area contributed by atoms with Gasteiger partial charge in [-0.25, -0.2) is 0 Å². The van der Waals surface area contributed by atoms with Crippen LogP contribution in [0.25, 0.3) is 0 Å². The molecule has 0 radical (unpaired) electrons. The van der Waals surface area contributed by atoms with Crippen molar-refractivity contribution in [3.8, 4) is 5.75 Å². The summed E-state index contributed by atoms with van der Waals surface area (Å²) in [4.78, 5) is 0. The number of hydrogen-bond donors (Lipinski definition) is 2. The number of rotatable bonds is 4. The second-order valence-electron chi connectivity index (χ2n) is 4.75. The SMILES string of the molecule is CNC(c1ccc(OC)c(Cl)c1)C1CCNCC1. The van der Waals surface area contributed by atoms with Crippen molar-refractivity contribution in [1.82, 2.24) is 10.6 Å². The summed E-state index contributed by atoms with van der Waals surface area (Å²) in [6, 6.07) is 6.44. The first-order valence-corrected chi connectivity index (χ1v) is 6.85. The maximum absolute atomic E-state index is 6.20. The van der Waals surface area contributed by atoms with Crippen LogP contribution in [0.1, 0.15) is 24.4 Å². The minimum Gasteiger partial charge on any atom is -0.495 e. The first kappa shape index (κ1) is 13.7. The Kier molecular flexibility index (Phi) is 4.87. The Morgan fingerprint density at radius 1 is 1.39 bits per heavy atom. The van der Waals surface area contributed by atoms with E-state index in [1.807, 2.05) is 19.2 Å². The van der Waals surface area contributed by atoms with Crippen molar-refractivity contribution in [1.29, 1.82) is 0 Å². The van der Waals surface area contributed by atoms with Crippen molar-refractivity contribution in [2.45, 2.75) is 18.9 Å². The van der Waals surface area contributed by atoms with Crippen molar-refractivity contribution in [3.63, 3.8) is 0 Å². The zero-order chi connectivity index (χ0) is 13.0. The van der Waals surface area contributed by atoms with E-state index in [-0.39, 0.29) is 0 Å². The molecule has 1 fully saturated rings. The molecule has 0 spiro atoms. The minimum absolute atomic E-state index is 0.371. The average Bonchev–Trinajstić information content (AvgIpc) is 2.41. The molecular weight excluding hydrogens is 248 g/mol. The third-order valence-electron chi connectivity index (χ3n) is 3.70. The van der Waals surface area contributed by atoms with Crippen LogP contribution < -0.4 is 15.4 Å². The molecule has 4 heteroatoms. The van der Waals surface area contributed by atoms with Crippen LogP contribution in [-0.2, 0) is 0 Å². The predicted molar refractivity (Wildman–Crippen MR) is 75.4 cm³/mol. The Bertz CT molecular complexity index is 391. The normalized spacial score (nSPS) is 18.6. The molecule has 3 nitrogen and oxygen atoms in total. The van der Waals surface area contributed by atoms with Crippen molar-refractivity contribution in [2.75, 3.05) is 27.2 Å². The molecule has 1 aliphatic rings. The molecule has 0 aromatic heterocycles. The fourth-order valence-corrected chi connectivity index (χ4v) is 2.99. The van der Waals surface area contributed by atoms with Gasteiger partial charge in [-0.15, -0.1) is 0 Å². The molecule has 2 N–H and O–H groups in total. The smallest absolute Gasteiger partial charge is 0.137 e. The number of hydrogen-bond acceptors (Lipinski definition) is 3. The topological polar surface area (TPSA) is 33.3 Å². The average molecular weight is 269 g/mol. The summed E-state index contributed by atoms with van der Waals surface area (Å²) in [5.41, 5.74) is 1.25. The summed E-state index contributed by atoms with van der Waals surface area (Å²) in [7, 11) is 3.66. The Labute approximate surface area is 114 Å². The quantitative estimate of drug-likeness (QED) is 0.881. The van der Waals surface area contributed by atoms with Gasteiger partial charge >= 0.3 is 0 Å². The molecule has 1 aromatic carbocycles. The van der Waals surface area contributed by atoms with Crippen LogP contribution in [0, 0.1) is 5.92 Å². The summed E-state index contributed by atoms with van der Waals surface area (Å²) >= 11 is 6.20. The minimum atomic E-state index is 0.371. The summed E-state index contributed by atoms with van der Waals surface area (Å²) in [5.74, 6) is 1.40. The summed E-state index contributed by atoms with van der Waals surface area (Å²) in [6.07, 6.45) is 2.41. The fourth-order valence-electron chi connectivity index (χ4n) is 2.73. The van der Waals surface area contributed by atoms with Crippen molar-refractivity contribution in [2.24, 2.45) is 5.92 Å². The molecule has 0 bridgehead atoms. The third kappa shape index (κ3) is 2.97. The maximum Gasteiger partial charge on any atom is 0.137 e. The Morgan fingerprint density at radius 2 is 2.11 bits per heavy atom. The molecule has 0 saturated carbocycles. The number of methoxy groups -OCH3 is 1. The molecule has 0 amide bonds. The predicted octanol–water partition coefficient (Wildman–Crippen LogP) is 2.61. The van der Waals surface area contributed by atoms with Crippen LogP contribution in [0.3, 0.4) is 0 Å². The highest BCUT2D eigenvalue weighted by atomic mass is 35.5. The summed E-state index contributed by atoms with van der Waals surface area (Å²) < 4.78 is 5.20. The molecule has 0 aliphatic carbocycles. The van der Waals surface area contributed by atoms with E-state index in [0.29, 0.717) is 17.0 Å². The number of piperidine rings is 1.